The lowest BCUT2D eigenvalue weighted by atomic mass is 10.0. The third-order valence-corrected chi connectivity index (χ3v) is 4.24. The van der Waals surface area contributed by atoms with Crippen LogP contribution in [0.3, 0.4) is 0 Å². The molecular weight excluding hydrogens is 328 g/mol. The van der Waals surface area contributed by atoms with Crippen molar-refractivity contribution in [1.29, 1.82) is 0 Å². The van der Waals surface area contributed by atoms with Crippen LogP contribution in [0.1, 0.15) is 16.7 Å². The molecule has 0 aliphatic heterocycles. The molecular formula is C21H20N2O3. The Hall–Kier alpha value is -3.34. The number of carbonyl (C=O) groups is 1. The van der Waals surface area contributed by atoms with Gasteiger partial charge in [0.1, 0.15) is 11.5 Å². The Morgan fingerprint density at radius 2 is 1.92 bits per heavy atom. The highest BCUT2D eigenvalue weighted by atomic mass is 16.5. The summed E-state index contributed by atoms with van der Waals surface area (Å²) < 4.78 is 5.54. The maximum atomic E-state index is 11.9. The first-order valence-electron chi connectivity index (χ1n) is 8.28. The van der Waals surface area contributed by atoms with E-state index >= 15 is 0 Å². The maximum Gasteiger partial charge on any atom is 0.277 e. The third kappa shape index (κ3) is 3.83. The minimum Gasteiger partial charge on any atom is -0.507 e. The lowest BCUT2D eigenvalue weighted by Crippen LogP contribution is -2.24. The molecule has 0 aromatic heterocycles. The number of aromatic hydroxyl groups is 1. The summed E-state index contributed by atoms with van der Waals surface area (Å²) in [5.74, 6) is 0.408. The van der Waals surface area contributed by atoms with Crippen molar-refractivity contribution < 1.29 is 14.6 Å². The summed E-state index contributed by atoms with van der Waals surface area (Å²) in [6, 6.07) is 16.8. The number of phenols is 1. The van der Waals surface area contributed by atoms with Crippen LogP contribution in [0.25, 0.3) is 10.8 Å². The fourth-order valence-corrected chi connectivity index (χ4v) is 2.64. The molecule has 3 aromatic rings. The van der Waals surface area contributed by atoms with E-state index in [4.69, 9.17) is 4.74 Å². The van der Waals surface area contributed by atoms with Crippen molar-refractivity contribution in [2.24, 2.45) is 5.10 Å². The molecule has 3 aromatic carbocycles. The van der Waals surface area contributed by atoms with Gasteiger partial charge >= 0.3 is 0 Å². The number of fused-ring (bicyclic) bond motifs is 1. The average molecular weight is 348 g/mol. The zero-order chi connectivity index (χ0) is 18.5. The highest BCUT2D eigenvalue weighted by molar-refractivity contribution is 6.02. The van der Waals surface area contributed by atoms with Gasteiger partial charge < -0.3 is 9.84 Å². The molecule has 3 rings (SSSR count). The van der Waals surface area contributed by atoms with Gasteiger partial charge in [-0.1, -0.05) is 42.5 Å². The summed E-state index contributed by atoms with van der Waals surface area (Å²) in [6.45, 7) is 3.80. The standard InChI is InChI=1S/C21H20N2O3/c1-14-6-5-9-20(15(14)2)26-13-21(25)23-22-12-18-17-8-4-3-7-16(17)10-11-19(18)24/h3-12,24H,13H2,1-2H3,(H,23,25)/b22-12+. The first-order chi connectivity index (χ1) is 12.6. The van der Waals surface area contributed by atoms with Crippen molar-refractivity contribution in [3.8, 4) is 11.5 Å². The van der Waals surface area contributed by atoms with E-state index in [0.29, 0.717) is 11.3 Å². The molecule has 5 nitrogen and oxygen atoms in total. The predicted molar refractivity (Wildman–Crippen MR) is 103 cm³/mol. The van der Waals surface area contributed by atoms with Gasteiger partial charge in [-0.3, -0.25) is 4.79 Å². The largest absolute Gasteiger partial charge is 0.507 e. The van der Waals surface area contributed by atoms with Crippen molar-refractivity contribution in [3.63, 3.8) is 0 Å². The van der Waals surface area contributed by atoms with E-state index in [1.807, 2.05) is 62.4 Å². The van der Waals surface area contributed by atoms with Gasteiger partial charge in [-0.2, -0.15) is 5.10 Å². The molecule has 0 radical (unpaired) electrons. The molecule has 0 aliphatic rings. The Bertz CT molecular complexity index is 980. The highest BCUT2D eigenvalue weighted by Gasteiger charge is 2.07. The summed E-state index contributed by atoms with van der Waals surface area (Å²) in [6.07, 6.45) is 1.44. The second kappa shape index (κ2) is 7.70. The lowest BCUT2D eigenvalue weighted by Gasteiger charge is -2.09. The van der Waals surface area contributed by atoms with Crippen molar-refractivity contribution in [1.82, 2.24) is 5.43 Å². The topological polar surface area (TPSA) is 70.9 Å². The van der Waals surface area contributed by atoms with E-state index in [1.165, 1.54) is 6.21 Å². The monoisotopic (exact) mass is 348 g/mol. The molecule has 0 saturated heterocycles. The first-order valence-corrected chi connectivity index (χ1v) is 8.28. The van der Waals surface area contributed by atoms with Crippen molar-refractivity contribution in [2.45, 2.75) is 13.8 Å². The SMILES string of the molecule is Cc1cccc(OCC(=O)N/N=C/c2c(O)ccc3ccccc23)c1C. The summed E-state index contributed by atoms with van der Waals surface area (Å²) >= 11 is 0. The number of nitrogens with zero attached hydrogens (tertiary/aromatic N) is 1. The number of nitrogens with one attached hydrogen (secondary N) is 1. The number of hydrazone groups is 1. The summed E-state index contributed by atoms with van der Waals surface area (Å²) in [5.41, 5.74) is 5.08. The Labute approximate surface area is 151 Å². The van der Waals surface area contributed by atoms with E-state index in [9.17, 15) is 9.90 Å². The average Bonchev–Trinajstić information content (AvgIpc) is 2.65. The Morgan fingerprint density at radius 1 is 1.12 bits per heavy atom. The molecule has 1 amide bonds. The Balaban J connectivity index is 1.65. The van der Waals surface area contributed by atoms with Gasteiger partial charge in [0.25, 0.3) is 5.91 Å². The smallest absolute Gasteiger partial charge is 0.277 e. The normalized spacial score (nSPS) is 11.0. The molecule has 5 heteroatoms. The van der Waals surface area contributed by atoms with E-state index in [-0.39, 0.29) is 18.3 Å². The minimum absolute atomic E-state index is 0.105. The summed E-state index contributed by atoms with van der Waals surface area (Å²) in [4.78, 5) is 11.9. The molecule has 0 unspecified atom stereocenters. The third-order valence-electron chi connectivity index (χ3n) is 4.24. The summed E-state index contributed by atoms with van der Waals surface area (Å²) in [7, 11) is 0. The number of rotatable bonds is 5. The van der Waals surface area contributed by atoms with Crippen LogP contribution in [0, 0.1) is 13.8 Å². The van der Waals surface area contributed by atoms with Crippen molar-refractivity contribution in [3.05, 3.63) is 71.3 Å². The van der Waals surface area contributed by atoms with Gasteiger partial charge in [-0.15, -0.1) is 0 Å². The fraction of sp³-hybridized carbons (Fsp3) is 0.143. The van der Waals surface area contributed by atoms with Crippen LogP contribution in [-0.2, 0) is 4.79 Å². The van der Waals surface area contributed by atoms with Crippen LogP contribution < -0.4 is 10.2 Å². The van der Waals surface area contributed by atoms with Crippen LogP contribution in [0.2, 0.25) is 0 Å². The van der Waals surface area contributed by atoms with Crippen LogP contribution in [0.5, 0.6) is 11.5 Å². The molecule has 0 saturated carbocycles. The number of ether oxygens (including phenoxy) is 1. The summed E-state index contributed by atoms with van der Waals surface area (Å²) in [5, 5.41) is 15.8. The number of hydrogen-bond donors (Lipinski definition) is 2. The molecule has 26 heavy (non-hydrogen) atoms. The second-order valence-electron chi connectivity index (χ2n) is 6.00. The number of carbonyl (C=O) groups excluding carboxylic acids is 1. The molecule has 0 spiro atoms. The number of amides is 1. The van der Waals surface area contributed by atoms with E-state index in [2.05, 4.69) is 10.5 Å². The van der Waals surface area contributed by atoms with Crippen LogP contribution in [-0.4, -0.2) is 23.8 Å². The minimum atomic E-state index is -0.373. The Morgan fingerprint density at radius 3 is 2.77 bits per heavy atom. The molecule has 132 valence electrons. The first kappa shape index (κ1) is 17.5. The van der Waals surface area contributed by atoms with Crippen molar-refractivity contribution in [2.75, 3.05) is 6.61 Å². The van der Waals surface area contributed by atoms with E-state index in [0.717, 1.165) is 21.9 Å². The van der Waals surface area contributed by atoms with Gasteiger partial charge in [-0.25, -0.2) is 5.43 Å². The molecule has 2 N–H and O–H groups in total. The predicted octanol–water partition coefficient (Wildman–Crippen LogP) is 3.69. The molecule has 0 atom stereocenters. The van der Waals surface area contributed by atoms with E-state index in [1.54, 1.807) is 6.07 Å². The highest BCUT2D eigenvalue weighted by Crippen LogP contribution is 2.25. The van der Waals surface area contributed by atoms with Crippen LogP contribution in [0.4, 0.5) is 0 Å². The lowest BCUT2D eigenvalue weighted by molar-refractivity contribution is -0.123. The van der Waals surface area contributed by atoms with Crippen LogP contribution >= 0.6 is 0 Å². The number of hydrogen-bond acceptors (Lipinski definition) is 4. The molecule has 0 aliphatic carbocycles. The Kier molecular flexibility index (Phi) is 5.17. The number of phenolic OH excluding ortho intramolecular Hbond substituents is 1. The number of aryl methyl sites for hydroxylation is 1. The maximum absolute atomic E-state index is 11.9. The quantitative estimate of drug-likeness (QED) is 0.546. The van der Waals surface area contributed by atoms with Gasteiger partial charge in [0.05, 0.1) is 6.21 Å². The molecule has 0 fully saturated rings. The van der Waals surface area contributed by atoms with E-state index < -0.39 is 0 Å². The number of benzene rings is 3. The zero-order valence-electron chi connectivity index (χ0n) is 14.7. The van der Waals surface area contributed by atoms with Gasteiger partial charge in [0, 0.05) is 5.56 Å². The fourth-order valence-electron chi connectivity index (χ4n) is 2.64. The van der Waals surface area contributed by atoms with Crippen molar-refractivity contribution >= 4 is 22.9 Å². The zero-order valence-corrected chi connectivity index (χ0v) is 14.7. The molecule has 0 bridgehead atoms. The second-order valence-corrected chi connectivity index (χ2v) is 6.00. The van der Waals surface area contributed by atoms with Gasteiger partial charge in [-0.05, 0) is 47.9 Å². The van der Waals surface area contributed by atoms with Gasteiger partial charge in [0.2, 0.25) is 0 Å². The molecule has 0 heterocycles. The van der Waals surface area contributed by atoms with Gasteiger partial charge in [0.15, 0.2) is 6.61 Å². The van der Waals surface area contributed by atoms with Crippen LogP contribution in [0.15, 0.2) is 59.7 Å².